The van der Waals surface area contributed by atoms with Crippen LogP contribution in [0.5, 0.6) is 0 Å². The molecule has 3 rings (SSSR count). The maximum Gasteiger partial charge on any atom is 0.153 e. The molecule has 2 aromatic heterocycles. The van der Waals surface area contributed by atoms with E-state index < -0.39 is 0 Å². The standard InChI is InChI=1S/C16H16ClN3O/c1-19(10-12-6-2-3-7-13(12)17)16-14(11-21)20-9-5-4-8-15(20)18-16/h2-9,21H,10-11H2,1H3. The summed E-state index contributed by atoms with van der Waals surface area (Å²) in [6, 6.07) is 13.5. The predicted molar refractivity (Wildman–Crippen MR) is 84.7 cm³/mol. The van der Waals surface area contributed by atoms with Crippen molar-refractivity contribution in [3.05, 3.63) is 64.9 Å². The first-order valence-electron chi connectivity index (χ1n) is 6.72. The van der Waals surface area contributed by atoms with Crippen LogP contribution in [0.2, 0.25) is 5.02 Å². The number of halogens is 1. The second-order valence-electron chi connectivity index (χ2n) is 4.92. The molecule has 0 atom stereocenters. The van der Waals surface area contributed by atoms with Crippen LogP contribution in [-0.4, -0.2) is 21.5 Å². The van der Waals surface area contributed by atoms with E-state index in [1.54, 1.807) is 0 Å². The average molecular weight is 302 g/mol. The normalized spacial score (nSPS) is 11.0. The Balaban J connectivity index is 1.98. The molecule has 2 heterocycles. The van der Waals surface area contributed by atoms with E-state index in [1.807, 2.05) is 65.0 Å². The first kappa shape index (κ1) is 13.9. The van der Waals surface area contributed by atoms with Gasteiger partial charge in [-0.2, -0.15) is 0 Å². The van der Waals surface area contributed by atoms with Gasteiger partial charge in [-0.1, -0.05) is 35.9 Å². The Morgan fingerprint density at radius 2 is 1.95 bits per heavy atom. The molecule has 1 N–H and O–H groups in total. The number of rotatable bonds is 4. The van der Waals surface area contributed by atoms with Crippen LogP contribution in [0.15, 0.2) is 48.7 Å². The first-order valence-corrected chi connectivity index (χ1v) is 7.10. The number of anilines is 1. The minimum absolute atomic E-state index is 0.0621. The highest BCUT2D eigenvalue weighted by Gasteiger charge is 2.15. The monoisotopic (exact) mass is 301 g/mol. The van der Waals surface area contributed by atoms with Gasteiger partial charge in [0.25, 0.3) is 0 Å². The van der Waals surface area contributed by atoms with Gasteiger partial charge in [0, 0.05) is 24.8 Å². The number of aromatic nitrogens is 2. The van der Waals surface area contributed by atoms with Crippen LogP contribution >= 0.6 is 11.6 Å². The van der Waals surface area contributed by atoms with E-state index in [9.17, 15) is 5.11 Å². The van der Waals surface area contributed by atoms with Crippen LogP contribution in [-0.2, 0) is 13.2 Å². The third-order valence-electron chi connectivity index (χ3n) is 3.48. The van der Waals surface area contributed by atoms with Gasteiger partial charge >= 0.3 is 0 Å². The number of hydrogen-bond donors (Lipinski definition) is 1. The van der Waals surface area contributed by atoms with Gasteiger partial charge in [0.2, 0.25) is 0 Å². The topological polar surface area (TPSA) is 40.8 Å². The highest BCUT2D eigenvalue weighted by Crippen LogP contribution is 2.24. The Labute approximate surface area is 128 Å². The molecule has 21 heavy (non-hydrogen) atoms. The van der Waals surface area contributed by atoms with E-state index in [0.29, 0.717) is 6.54 Å². The molecule has 0 aliphatic carbocycles. The minimum Gasteiger partial charge on any atom is -0.390 e. The van der Waals surface area contributed by atoms with Crippen LogP contribution in [0.25, 0.3) is 5.65 Å². The molecule has 3 aromatic rings. The molecule has 0 radical (unpaired) electrons. The second kappa shape index (κ2) is 5.76. The molecular weight excluding hydrogens is 286 g/mol. The van der Waals surface area contributed by atoms with E-state index in [4.69, 9.17) is 11.6 Å². The van der Waals surface area contributed by atoms with Gasteiger partial charge in [0.1, 0.15) is 5.65 Å². The molecule has 5 heteroatoms. The van der Waals surface area contributed by atoms with Gasteiger partial charge in [-0.15, -0.1) is 0 Å². The summed E-state index contributed by atoms with van der Waals surface area (Å²) in [6.07, 6.45) is 1.90. The van der Waals surface area contributed by atoms with Gasteiger partial charge in [-0.25, -0.2) is 4.98 Å². The lowest BCUT2D eigenvalue weighted by Crippen LogP contribution is -2.18. The van der Waals surface area contributed by atoms with Crippen molar-refractivity contribution in [1.29, 1.82) is 0 Å². The largest absolute Gasteiger partial charge is 0.390 e. The van der Waals surface area contributed by atoms with E-state index in [1.165, 1.54) is 0 Å². The number of fused-ring (bicyclic) bond motifs is 1. The lowest BCUT2D eigenvalue weighted by Gasteiger charge is -2.18. The summed E-state index contributed by atoms with van der Waals surface area (Å²) in [6.45, 7) is 0.573. The molecule has 1 aromatic carbocycles. The number of aliphatic hydroxyl groups excluding tert-OH is 1. The lowest BCUT2D eigenvalue weighted by molar-refractivity contribution is 0.276. The number of imidazole rings is 1. The van der Waals surface area contributed by atoms with Gasteiger partial charge in [-0.05, 0) is 23.8 Å². The SMILES string of the molecule is CN(Cc1ccccc1Cl)c1nc2ccccn2c1CO. The maximum absolute atomic E-state index is 9.66. The highest BCUT2D eigenvalue weighted by atomic mass is 35.5. The third-order valence-corrected chi connectivity index (χ3v) is 3.85. The zero-order chi connectivity index (χ0) is 14.8. The fourth-order valence-corrected chi connectivity index (χ4v) is 2.64. The maximum atomic E-state index is 9.66. The van der Waals surface area contributed by atoms with Crippen molar-refractivity contribution < 1.29 is 5.11 Å². The molecule has 0 spiro atoms. The molecule has 0 saturated heterocycles. The van der Waals surface area contributed by atoms with Gasteiger partial charge < -0.3 is 10.0 Å². The number of hydrogen-bond acceptors (Lipinski definition) is 3. The van der Waals surface area contributed by atoms with Crippen LogP contribution < -0.4 is 4.90 Å². The molecule has 4 nitrogen and oxygen atoms in total. The molecule has 0 aliphatic heterocycles. The second-order valence-corrected chi connectivity index (χ2v) is 5.32. The minimum atomic E-state index is -0.0621. The molecule has 0 unspecified atom stereocenters. The van der Waals surface area contributed by atoms with Crippen molar-refractivity contribution >= 4 is 23.1 Å². The fourth-order valence-electron chi connectivity index (χ4n) is 2.44. The Morgan fingerprint density at radius 3 is 2.71 bits per heavy atom. The fraction of sp³-hybridized carbons (Fsp3) is 0.188. The van der Waals surface area contributed by atoms with Crippen molar-refractivity contribution in [3.63, 3.8) is 0 Å². The number of benzene rings is 1. The van der Waals surface area contributed by atoms with E-state index in [-0.39, 0.29) is 6.61 Å². The zero-order valence-electron chi connectivity index (χ0n) is 11.7. The summed E-state index contributed by atoms with van der Waals surface area (Å²) in [4.78, 5) is 6.59. The number of aliphatic hydroxyl groups is 1. The van der Waals surface area contributed by atoms with Crippen molar-refractivity contribution in [2.75, 3.05) is 11.9 Å². The third kappa shape index (κ3) is 2.60. The van der Waals surface area contributed by atoms with E-state index in [0.717, 1.165) is 27.7 Å². The van der Waals surface area contributed by atoms with Crippen LogP contribution in [0, 0.1) is 0 Å². The Hall–Kier alpha value is -2.04. The lowest BCUT2D eigenvalue weighted by atomic mass is 10.2. The summed E-state index contributed by atoms with van der Waals surface area (Å²) < 4.78 is 1.90. The smallest absolute Gasteiger partial charge is 0.153 e. The number of nitrogens with zero attached hydrogens (tertiary/aromatic N) is 3. The quantitative estimate of drug-likeness (QED) is 0.805. The van der Waals surface area contributed by atoms with Crippen LogP contribution in [0.3, 0.4) is 0 Å². The summed E-state index contributed by atoms with van der Waals surface area (Å²) in [5, 5.41) is 10.4. The average Bonchev–Trinajstić information content (AvgIpc) is 2.88. The van der Waals surface area contributed by atoms with E-state index >= 15 is 0 Å². The van der Waals surface area contributed by atoms with Crippen molar-refractivity contribution in [2.45, 2.75) is 13.2 Å². The van der Waals surface area contributed by atoms with Gasteiger partial charge in [0.05, 0.1) is 12.3 Å². The molecule has 0 fully saturated rings. The molecule has 0 bridgehead atoms. The van der Waals surface area contributed by atoms with Gasteiger partial charge in [0.15, 0.2) is 5.82 Å². The van der Waals surface area contributed by atoms with Crippen molar-refractivity contribution in [1.82, 2.24) is 9.38 Å². The molecule has 0 aliphatic rings. The Kier molecular flexibility index (Phi) is 3.82. The molecular formula is C16H16ClN3O. The molecule has 0 saturated carbocycles. The zero-order valence-corrected chi connectivity index (χ0v) is 12.5. The highest BCUT2D eigenvalue weighted by molar-refractivity contribution is 6.31. The van der Waals surface area contributed by atoms with Crippen molar-refractivity contribution in [2.24, 2.45) is 0 Å². The molecule has 0 amide bonds. The Bertz CT molecular complexity index is 769. The molecule has 108 valence electrons. The Morgan fingerprint density at radius 1 is 1.19 bits per heavy atom. The predicted octanol–water partition coefficient (Wildman–Crippen LogP) is 3.12. The summed E-state index contributed by atoms with van der Waals surface area (Å²) >= 11 is 6.21. The summed E-state index contributed by atoms with van der Waals surface area (Å²) in [5.74, 6) is 0.767. The summed E-state index contributed by atoms with van der Waals surface area (Å²) in [7, 11) is 1.95. The van der Waals surface area contributed by atoms with Crippen LogP contribution in [0.4, 0.5) is 5.82 Å². The number of pyridine rings is 1. The van der Waals surface area contributed by atoms with Gasteiger partial charge in [-0.3, -0.25) is 4.40 Å². The summed E-state index contributed by atoms with van der Waals surface area (Å²) in [5.41, 5.74) is 2.63. The van der Waals surface area contributed by atoms with Crippen molar-refractivity contribution in [3.8, 4) is 0 Å². The van der Waals surface area contributed by atoms with Crippen LogP contribution in [0.1, 0.15) is 11.3 Å². The van der Waals surface area contributed by atoms with E-state index in [2.05, 4.69) is 4.98 Å². The first-order chi connectivity index (χ1) is 10.2.